The molecule has 8 heteroatoms. The minimum Gasteiger partial charge on any atom is -0.462 e. The van der Waals surface area contributed by atoms with Gasteiger partial charge in [0.25, 0.3) is 0 Å². The number of amides is 1. The number of rotatable bonds is 7. The Morgan fingerprint density at radius 1 is 1.38 bits per heavy atom. The smallest absolute Gasteiger partial charge is 0.410 e. The molecule has 1 saturated heterocycles. The number of nitrogens with two attached hydrogens (primary N) is 1. The van der Waals surface area contributed by atoms with Gasteiger partial charge in [0.2, 0.25) is 0 Å². The lowest BCUT2D eigenvalue weighted by molar-refractivity contribution is 0.152. The van der Waals surface area contributed by atoms with Crippen LogP contribution in [0, 0.1) is 6.92 Å². The summed E-state index contributed by atoms with van der Waals surface area (Å²) in [4.78, 5) is 25.7. The van der Waals surface area contributed by atoms with Crippen molar-refractivity contribution in [1.82, 2.24) is 14.9 Å². The molecule has 136 valence electrons. The van der Waals surface area contributed by atoms with Crippen LogP contribution in [0.5, 0.6) is 6.01 Å². The maximum absolute atomic E-state index is 11.4. The highest BCUT2D eigenvalue weighted by molar-refractivity contribution is 5.79. The first-order chi connectivity index (χ1) is 12.6. The van der Waals surface area contributed by atoms with Gasteiger partial charge < -0.3 is 20.1 Å². The van der Waals surface area contributed by atoms with Crippen LogP contribution in [-0.2, 0) is 11.3 Å². The predicted octanol–water partition coefficient (Wildman–Crippen LogP) is 1.82. The summed E-state index contributed by atoms with van der Waals surface area (Å²) in [5.74, 6) is 0.316. The van der Waals surface area contributed by atoms with E-state index in [1.807, 2.05) is 25.1 Å². The summed E-state index contributed by atoms with van der Waals surface area (Å²) in [5, 5.41) is 0. The van der Waals surface area contributed by atoms with Crippen LogP contribution in [0.3, 0.4) is 0 Å². The van der Waals surface area contributed by atoms with E-state index in [-0.39, 0.29) is 18.7 Å². The zero-order valence-corrected chi connectivity index (χ0v) is 14.6. The first-order valence-electron chi connectivity index (χ1n) is 8.34. The van der Waals surface area contributed by atoms with Gasteiger partial charge in [-0.25, -0.2) is 4.79 Å². The van der Waals surface area contributed by atoms with E-state index in [9.17, 15) is 4.79 Å². The Morgan fingerprint density at radius 3 is 3.04 bits per heavy atom. The number of nitrogens with zero attached hydrogens (tertiary/aromatic N) is 4. The Kier molecular flexibility index (Phi) is 5.62. The van der Waals surface area contributed by atoms with E-state index < -0.39 is 0 Å². The number of anilines is 1. The number of hydrogen-bond donors (Lipinski definition) is 1. The van der Waals surface area contributed by atoms with Crippen molar-refractivity contribution in [1.29, 1.82) is 0 Å². The number of cyclic esters (lactones) is 1. The average molecular weight is 355 g/mol. The molecule has 26 heavy (non-hydrogen) atoms. The molecule has 0 atom stereocenters. The second-order valence-corrected chi connectivity index (χ2v) is 5.90. The lowest BCUT2D eigenvalue weighted by atomic mass is 10.1. The van der Waals surface area contributed by atoms with Crippen molar-refractivity contribution >= 4 is 18.1 Å². The molecule has 1 aromatic heterocycles. The normalized spacial score (nSPS) is 14.0. The molecule has 0 spiro atoms. The molecular formula is C18H21N5O3. The topological polar surface area (TPSA) is 103 Å². The van der Waals surface area contributed by atoms with Crippen LogP contribution in [0.25, 0.3) is 0 Å². The van der Waals surface area contributed by atoms with Gasteiger partial charge in [-0.05, 0) is 12.5 Å². The molecule has 8 nitrogen and oxygen atoms in total. The SMILES string of the molecule is Cc1cccc(C=NCc2cc(N)nc(OCCN3CCOC3=O)n2)c1. The highest BCUT2D eigenvalue weighted by Crippen LogP contribution is 2.11. The Balaban J connectivity index is 1.55. The number of benzene rings is 1. The highest BCUT2D eigenvalue weighted by atomic mass is 16.6. The van der Waals surface area contributed by atoms with E-state index in [0.29, 0.717) is 37.8 Å². The van der Waals surface area contributed by atoms with Crippen molar-refractivity contribution in [2.75, 3.05) is 32.0 Å². The van der Waals surface area contributed by atoms with Crippen LogP contribution in [0.4, 0.5) is 10.6 Å². The predicted molar refractivity (Wildman–Crippen MR) is 97.3 cm³/mol. The molecule has 1 aliphatic rings. The maximum Gasteiger partial charge on any atom is 0.410 e. The molecule has 0 radical (unpaired) electrons. The Hall–Kier alpha value is -3.16. The molecule has 2 N–H and O–H groups in total. The summed E-state index contributed by atoms with van der Waals surface area (Å²) in [5.41, 5.74) is 8.68. The number of aryl methyl sites for hydroxylation is 1. The fourth-order valence-electron chi connectivity index (χ4n) is 2.51. The van der Waals surface area contributed by atoms with Crippen LogP contribution >= 0.6 is 0 Å². The standard InChI is InChI=1S/C18H21N5O3/c1-13-3-2-4-14(9-13)11-20-12-15-10-16(19)22-17(21-15)25-7-5-23-6-8-26-18(23)24/h2-4,9-11H,5-8,12H2,1H3,(H2,19,21,22). The lowest BCUT2D eigenvalue weighted by Crippen LogP contribution is -2.29. The number of nitrogen functional groups attached to an aromatic ring is 1. The fraction of sp³-hybridized carbons (Fsp3) is 0.333. The third kappa shape index (κ3) is 4.92. The van der Waals surface area contributed by atoms with E-state index in [1.165, 1.54) is 5.56 Å². The van der Waals surface area contributed by atoms with Crippen molar-refractivity contribution in [2.45, 2.75) is 13.5 Å². The van der Waals surface area contributed by atoms with Crippen LogP contribution < -0.4 is 10.5 Å². The Labute approximate surface area is 151 Å². The van der Waals surface area contributed by atoms with Crippen molar-refractivity contribution in [2.24, 2.45) is 4.99 Å². The zero-order chi connectivity index (χ0) is 18.4. The number of aliphatic imine (C=N–C) groups is 1. The van der Waals surface area contributed by atoms with E-state index in [1.54, 1.807) is 17.2 Å². The molecule has 1 fully saturated rings. The summed E-state index contributed by atoms with van der Waals surface area (Å²) in [6.07, 6.45) is 1.47. The molecule has 1 aliphatic heterocycles. The van der Waals surface area contributed by atoms with Gasteiger partial charge in [-0.2, -0.15) is 9.97 Å². The van der Waals surface area contributed by atoms with Crippen LogP contribution in [0.2, 0.25) is 0 Å². The molecule has 1 aromatic carbocycles. The van der Waals surface area contributed by atoms with Gasteiger partial charge in [-0.3, -0.25) is 4.99 Å². The van der Waals surface area contributed by atoms with Gasteiger partial charge in [0.1, 0.15) is 19.0 Å². The number of ether oxygens (including phenoxy) is 2. The van der Waals surface area contributed by atoms with E-state index in [4.69, 9.17) is 15.2 Å². The molecule has 1 amide bonds. The Bertz CT molecular complexity index is 809. The van der Waals surface area contributed by atoms with Crippen molar-refractivity contribution in [3.63, 3.8) is 0 Å². The van der Waals surface area contributed by atoms with Crippen LogP contribution in [-0.4, -0.2) is 53.5 Å². The molecule has 2 heterocycles. The molecule has 2 aromatic rings. The lowest BCUT2D eigenvalue weighted by Gasteiger charge is -2.12. The Morgan fingerprint density at radius 2 is 2.27 bits per heavy atom. The monoisotopic (exact) mass is 355 g/mol. The summed E-state index contributed by atoms with van der Waals surface area (Å²) in [6.45, 7) is 4.07. The summed E-state index contributed by atoms with van der Waals surface area (Å²) < 4.78 is 10.4. The number of carbonyl (C=O) groups excluding carboxylic acids is 1. The second kappa shape index (κ2) is 8.28. The molecular weight excluding hydrogens is 334 g/mol. The number of aromatic nitrogens is 2. The highest BCUT2D eigenvalue weighted by Gasteiger charge is 2.21. The molecule has 0 unspecified atom stereocenters. The average Bonchev–Trinajstić information content (AvgIpc) is 3.00. The number of hydrogen-bond acceptors (Lipinski definition) is 7. The van der Waals surface area contributed by atoms with E-state index >= 15 is 0 Å². The first kappa shape index (κ1) is 17.7. The quantitative estimate of drug-likeness (QED) is 0.760. The minimum absolute atomic E-state index is 0.179. The first-order valence-corrected chi connectivity index (χ1v) is 8.34. The minimum atomic E-state index is -0.326. The van der Waals surface area contributed by atoms with Crippen molar-refractivity contribution in [3.05, 3.63) is 47.2 Å². The summed E-state index contributed by atoms with van der Waals surface area (Å²) in [7, 11) is 0. The molecule has 0 saturated carbocycles. The van der Waals surface area contributed by atoms with Crippen molar-refractivity contribution < 1.29 is 14.3 Å². The van der Waals surface area contributed by atoms with Gasteiger partial charge in [-0.1, -0.05) is 29.8 Å². The number of carbonyl (C=O) groups is 1. The van der Waals surface area contributed by atoms with Crippen LogP contribution in [0.15, 0.2) is 35.3 Å². The molecule has 0 aliphatic carbocycles. The van der Waals surface area contributed by atoms with Gasteiger partial charge in [0, 0.05) is 12.3 Å². The molecule has 0 bridgehead atoms. The fourth-order valence-corrected chi connectivity index (χ4v) is 2.51. The second-order valence-electron chi connectivity index (χ2n) is 5.90. The third-order valence-electron chi connectivity index (χ3n) is 3.75. The third-order valence-corrected chi connectivity index (χ3v) is 3.75. The van der Waals surface area contributed by atoms with Gasteiger partial charge in [0.15, 0.2) is 0 Å². The summed E-state index contributed by atoms with van der Waals surface area (Å²) >= 11 is 0. The maximum atomic E-state index is 11.4. The summed E-state index contributed by atoms with van der Waals surface area (Å²) in [6, 6.07) is 9.91. The van der Waals surface area contributed by atoms with E-state index in [2.05, 4.69) is 21.0 Å². The van der Waals surface area contributed by atoms with Crippen molar-refractivity contribution in [3.8, 4) is 6.01 Å². The van der Waals surface area contributed by atoms with Gasteiger partial charge >= 0.3 is 12.1 Å². The van der Waals surface area contributed by atoms with Gasteiger partial charge in [0.05, 0.1) is 25.3 Å². The van der Waals surface area contributed by atoms with E-state index in [0.717, 1.165) is 5.56 Å². The zero-order valence-electron chi connectivity index (χ0n) is 14.6. The largest absolute Gasteiger partial charge is 0.462 e. The van der Waals surface area contributed by atoms with Crippen LogP contribution in [0.1, 0.15) is 16.8 Å². The van der Waals surface area contributed by atoms with Gasteiger partial charge in [-0.15, -0.1) is 0 Å². The molecule has 3 rings (SSSR count).